The first-order chi connectivity index (χ1) is 9.54. The number of aliphatic hydroxyl groups excluding tert-OH is 1. The number of ether oxygens (including phenoxy) is 1. The number of carbonyl (C=O) groups is 1. The molecule has 0 unspecified atom stereocenters. The number of nitrogens with one attached hydrogen (secondary N) is 2. The van der Waals surface area contributed by atoms with E-state index in [9.17, 15) is 4.79 Å². The first-order valence-electron chi connectivity index (χ1n) is 6.02. The number of carbonyl (C=O) groups excluding carboxylic acids is 1. The summed E-state index contributed by atoms with van der Waals surface area (Å²) in [5.74, 6) is -0.173. The minimum absolute atomic E-state index is 0. The quantitative estimate of drug-likeness (QED) is 0.496. The van der Waals surface area contributed by atoms with Crippen molar-refractivity contribution in [3.05, 3.63) is 30.0 Å². The molecule has 114 valence electrons. The number of rotatable bonds is 4. The minimum atomic E-state index is -0.401. The van der Waals surface area contributed by atoms with Gasteiger partial charge in [0.2, 0.25) is 0 Å². The number of nitrogens with zero attached hydrogens (tertiary/aromatic N) is 1. The maximum absolute atomic E-state index is 12.1. The Bertz CT molecular complexity index is 656. The van der Waals surface area contributed by atoms with Crippen LogP contribution in [0.2, 0.25) is 0 Å². The number of aromatic amines is 1. The molecule has 1 heterocycles. The van der Waals surface area contributed by atoms with Gasteiger partial charge in [0.25, 0.3) is 5.91 Å². The molecule has 0 bridgehead atoms. The third-order valence-electron chi connectivity index (χ3n) is 2.86. The SMILES string of the molecule is CN(C(=N)N)C(=O)c1cc2cccc(OCCO)c2[nH]1.Cl. The average molecular weight is 313 g/mol. The van der Waals surface area contributed by atoms with E-state index in [4.69, 9.17) is 21.0 Å². The minimum Gasteiger partial charge on any atom is -0.489 e. The molecule has 1 aromatic heterocycles. The molecule has 0 saturated carbocycles. The average Bonchev–Trinajstić information content (AvgIpc) is 2.87. The van der Waals surface area contributed by atoms with Crippen molar-refractivity contribution >= 4 is 35.2 Å². The van der Waals surface area contributed by atoms with Crippen LogP contribution in [0.1, 0.15) is 10.5 Å². The maximum atomic E-state index is 12.1. The highest BCUT2D eigenvalue weighted by Crippen LogP contribution is 2.26. The number of guanidine groups is 1. The number of aromatic nitrogens is 1. The van der Waals surface area contributed by atoms with Gasteiger partial charge in [-0.1, -0.05) is 12.1 Å². The molecule has 7 nitrogen and oxygen atoms in total. The summed E-state index contributed by atoms with van der Waals surface area (Å²) < 4.78 is 5.40. The predicted octanol–water partition coefficient (Wildman–Crippen LogP) is 0.926. The highest BCUT2D eigenvalue weighted by Gasteiger charge is 2.17. The number of hydrogen-bond donors (Lipinski definition) is 4. The van der Waals surface area contributed by atoms with Crippen LogP contribution in [0.4, 0.5) is 0 Å². The predicted molar refractivity (Wildman–Crippen MR) is 82.1 cm³/mol. The second-order valence-electron chi connectivity index (χ2n) is 4.22. The number of H-pyrrole nitrogens is 1. The van der Waals surface area contributed by atoms with E-state index >= 15 is 0 Å². The summed E-state index contributed by atoms with van der Waals surface area (Å²) in [6.07, 6.45) is 0. The van der Waals surface area contributed by atoms with Crippen LogP contribution in [-0.2, 0) is 0 Å². The number of nitrogens with two attached hydrogens (primary N) is 1. The molecule has 0 aliphatic rings. The zero-order valence-corrected chi connectivity index (χ0v) is 12.2. The van der Waals surface area contributed by atoms with Crippen LogP contribution in [0.5, 0.6) is 5.75 Å². The van der Waals surface area contributed by atoms with Crippen molar-refractivity contribution in [2.24, 2.45) is 5.73 Å². The van der Waals surface area contributed by atoms with Gasteiger partial charge in [-0.2, -0.15) is 0 Å². The largest absolute Gasteiger partial charge is 0.489 e. The lowest BCUT2D eigenvalue weighted by Gasteiger charge is -2.12. The van der Waals surface area contributed by atoms with Crippen LogP contribution in [0.3, 0.4) is 0 Å². The van der Waals surface area contributed by atoms with E-state index in [0.717, 1.165) is 10.3 Å². The van der Waals surface area contributed by atoms with Crippen LogP contribution in [0, 0.1) is 5.41 Å². The number of halogens is 1. The van der Waals surface area contributed by atoms with Gasteiger partial charge in [-0.3, -0.25) is 15.1 Å². The molecule has 0 radical (unpaired) electrons. The molecule has 0 saturated heterocycles. The van der Waals surface area contributed by atoms with Crippen LogP contribution in [-0.4, -0.2) is 47.1 Å². The van der Waals surface area contributed by atoms with Gasteiger partial charge < -0.3 is 20.6 Å². The lowest BCUT2D eigenvalue weighted by Crippen LogP contribution is -2.38. The van der Waals surface area contributed by atoms with Crippen molar-refractivity contribution < 1.29 is 14.6 Å². The molecule has 2 aromatic rings. The number of fused-ring (bicyclic) bond motifs is 1. The van der Waals surface area contributed by atoms with E-state index in [2.05, 4.69) is 4.98 Å². The van der Waals surface area contributed by atoms with Gasteiger partial charge in [0.05, 0.1) is 12.1 Å². The smallest absolute Gasteiger partial charge is 0.276 e. The van der Waals surface area contributed by atoms with E-state index in [1.165, 1.54) is 7.05 Å². The van der Waals surface area contributed by atoms with Crippen molar-refractivity contribution in [3.8, 4) is 5.75 Å². The third-order valence-corrected chi connectivity index (χ3v) is 2.86. The molecular weight excluding hydrogens is 296 g/mol. The molecule has 8 heteroatoms. The highest BCUT2D eigenvalue weighted by atomic mass is 35.5. The summed E-state index contributed by atoms with van der Waals surface area (Å²) in [6, 6.07) is 7.05. The fraction of sp³-hybridized carbons (Fsp3) is 0.231. The summed E-state index contributed by atoms with van der Waals surface area (Å²) in [4.78, 5) is 16.1. The van der Waals surface area contributed by atoms with Crippen molar-refractivity contribution in [2.45, 2.75) is 0 Å². The van der Waals surface area contributed by atoms with Gasteiger partial charge in [0, 0.05) is 12.4 Å². The van der Waals surface area contributed by atoms with E-state index in [1.807, 2.05) is 6.07 Å². The second-order valence-corrected chi connectivity index (χ2v) is 4.22. The Morgan fingerprint density at radius 3 is 2.86 bits per heavy atom. The van der Waals surface area contributed by atoms with Crippen LogP contribution in [0.25, 0.3) is 10.9 Å². The number of para-hydroxylation sites is 1. The Balaban J connectivity index is 0.00000220. The summed E-state index contributed by atoms with van der Waals surface area (Å²) in [7, 11) is 1.43. The van der Waals surface area contributed by atoms with Gasteiger partial charge in [-0.05, 0) is 12.1 Å². The van der Waals surface area contributed by atoms with Crippen molar-refractivity contribution in [2.75, 3.05) is 20.3 Å². The lowest BCUT2D eigenvalue weighted by molar-refractivity contribution is 0.0864. The highest BCUT2D eigenvalue weighted by molar-refractivity contribution is 6.06. The first-order valence-corrected chi connectivity index (χ1v) is 6.02. The summed E-state index contributed by atoms with van der Waals surface area (Å²) in [5.41, 5.74) is 6.27. The van der Waals surface area contributed by atoms with E-state index in [1.54, 1.807) is 18.2 Å². The molecule has 1 aromatic carbocycles. The Morgan fingerprint density at radius 2 is 2.24 bits per heavy atom. The number of aliphatic hydroxyl groups is 1. The van der Waals surface area contributed by atoms with Gasteiger partial charge in [0.1, 0.15) is 18.1 Å². The molecule has 0 atom stereocenters. The second kappa shape index (κ2) is 6.96. The summed E-state index contributed by atoms with van der Waals surface area (Å²) in [5, 5.41) is 16.9. The molecular formula is C13H17ClN4O3. The van der Waals surface area contributed by atoms with Crippen LogP contribution >= 0.6 is 12.4 Å². The fourth-order valence-corrected chi connectivity index (χ4v) is 1.81. The number of benzene rings is 1. The molecule has 0 aliphatic carbocycles. The van der Waals surface area contributed by atoms with Crippen molar-refractivity contribution in [1.29, 1.82) is 5.41 Å². The maximum Gasteiger partial charge on any atom is 0.276 e. The van der Waals surface area contributed by atoms with Gasteiger partial charge in [0.15, 0.2) is 5.96 Å². The molecule has 0 spiro atoms. The Hall–Kier alpha value is -2.25. The summed E-state index contributed by atoms with van der Waals surface area (Å²) in [6.45, 7) is 0.0880. The van der Waals surface area contributed by atoms with Gasteiger partial charge in [-0.25, -0.2) is 0 Å². The molecule has 5 N–H and O–H groups in total. The molecule has 0 aliphatic heterocycles. The fourth-order valence-electron chi connectivity index (χ4n) is 1.81. The van der Waals surface area contributed by atoms with E-state index in [-0.39, 0.29) is 31.6 Å². The molecule has 1 amide bonds. The van der Waals surface area contributed by atoms with Crippen LogP contribution in [0.15, 0.2) is 24.3 Å². The Kier molecular flexibility index (Phi) is 5.57. The topological polar surface area (TPSA) is 115 Å². The van der Waals surface area contributed by atoms with Gasteiger partial charge >= 0.3 is 0 Å². The summed E-state index contributed by atoms with van der Waals surface area (Å²) >= 11 is 0. The van der Waals surface area contributed by atoms with Crippen molar-refractivity contribution in [1.82, 2.24) is 9.88 Å². The number of hydrogen-bond acceptors (Lipinski definition) is 4. The Labute approximate surface area is 127 Å². The van der Waals surface area contributed by atoms with Crippen LogP contribution < -0.4 is 10.5 Å². The Morgan fingerprint density at radius 1 is 1.52 bits per heavy atom. The van der Waals surface area contributed by atoms with E-state index in [0.29, 0.717) is 17.0 Å². The third kappa shape index (κ3) is 3.45. The normalized spacial score (nSPS) is 10.0. The zero-order chi connectivity index (χ0) is 14.7. The lowest BCUT2D eigenvalue weighted by atomic mass is 10.2. The zero-order valence-electron chi connectivity index (χ0n) is 11.4. The molecule has 0 fully saturated rings. The first kappa shape index (κ1) is 16.8. The number of amides is 1. The van der Waals surface area contributed by atoms with Gasteiger partial charge in [-0.15, -0.1) is 12.4 Å². The van der Waals surface area contributed by atoms with E-state index < -0.39 is 5.91 Å². The van der Waals surface area contributed by atoms with Crippen molar-refractivity contribution in [3.63, 3.8) is 0 Å². The standard InChI is InChI=1S/C13H16N4O3.ClH/c1-17(13(14)15)12(19)9-7-8-3-2-4-10(11(8)16-9)20-6-5-18;/h2-4,7,16,18H,5-6H2,1H3,(H3,14,15);1H. The molecule has 21 heavy (non-hydrogen) atoms. The monoisotopic (exact) mass is 312 g/mol. The molecule has 2 rings (SSSR count).